The summed E-state index contributed by atoms with van der Waals surface area (Å²) in [7, 11) is 0.119. The molecule has 0 aliphatic heterocycles. The van der Waals surface area contributed by atoms with Crippen molar-refractivity contribution in [2.45, 2.75) is 17.7 Å². The molecule has 1 fully saturated rings. The second-order valence-corrected chi connectivity index (χ2v) is 12.2. The van der Waals surface area contributed by atoms with Gasteiger partial charge in [0.25, 0.3) is 5.91 Å². The molecule has 0 spiro atoms. The van der Waals surface area contributed by atoms with Crippen LogP contribution in [0.15, 0.2) is 88.1 Å². The molecule has 1 unspecified atom stereocenters. The van der Waals surface area contributed by atoms with Gasteiger partial charge in [-0.15, -0.1) is 10.2 Å². The highest BCUT2D eigenvalue weighted by molar-refractivity contribution is 7.93. The monoisotopic (exact) mass is 581 g/mol. The molecule has 1 atom stereocenters. The van der Waals surface area contributed by atoms with Gasteiger partial charge in [0.15, 0.2) is 11.5 Å². The Morgan fingerprint density at radius 2 is 1.60 bits per heavy atom. The molecule has 11 heteroatoms. The highest BCUT2D eigenvalue weighted by atomic mass is 32.2. The number of nitrogens with one attached hydrogen (secondary N) is 3. The lowest BCUT2D eigenvalue weighted by Gasteiger charge is -2.16. The number of nitrogens with zero attached hydrogens (tertiary/aromatic N) is 4. The smallest absolute Gasteiger partial charge is 0.273 e. The summed E-state index contributed by atoms with van der Waals surface area (Å²) in [4.78, 5) is 30.3. The number of carbonyl (C=O) groups is 2. The number of hydrogen-bond acceptors (Lipinski definition) is 8. The molecule has 1 aliphatic rings. The molecule has 2 aromatic carbocycles. The van der Waals surface area contributed by atoms with E-state index in [1.165, 1.54) is 26.4 Å². The minimum atomic E-state index is -2.85. The lowest BCUT2D eigenvalue weighted by atomic mass is 9.97. The van der Waals surface area contributed by atoms with Gasteiger partial charge in [0.1, 0.15) is 5.82 Å². The first-order valence-electron chi connectivity index (χ1n) is 13.4. The van der Waals surface area contributed by atoms with Crippen LogP contribution in [0, 0.1) is 5.92 Å². The second kappa shape index (κ2) is 12.3. The average Bonchev–Trinajstić information content (AvgIpc) is 3.87. The summed E-state index contributed by atoms with van der Waals surface area (Å²) in [6.45, 7) is 0. The highest BCUT2D eigenvalue weighted by Crippen LogP contribution is 2.32. The van der Waals surface area contributed by atoms with Crippen LogP contribution in [-0.4, -0.2) is 51.6 Å². The molecular weight excluding hydrogens is 550 g/mol. The summed E-state index contributed by atoms with van der Waals surface area (Å²) < 4.78 is 17.6. The maximum Gasteiger partial charge on any atom is 0.273 e. The molecule has 0 bridgehead atoms. The summed E-state index contributed by atoms with van der Waals surface area (Å²) >= 11 is 0. The van der Waals surface area contributed by atoms with Crippen LogP contribution in [0.4, 0.5) is 17.3 Å². The van der Waals surface area contributed by atoms with Gasteiger partial charge in [-0.1, -0.05) is 60.7 Å². The van der Waals surface area contributed by atoms with Crippen molar-refractivity contribution in [2.75, 3.05) is 31.0 Å². The zero-order valence-electron chi connectivity index (χ0n) is 23.5. The van der Waals surface area contributed by atoms with Crippen molar-refractivity contribution < 1.29 is 13.8 Å². The first-order chi connectivity index (χ1) is 20.3. The van der Waals surface area contributed by atoms with Crippen LogP contribution < -0.4 is 16.0 Å². The molecule has 42 heavy (non-hydrogen) atoms. The minimum Gasteiger partial charge on any atom is -0.354 e. The predicted molar refractivity (Wildman–Crippen MR) is 165 cm³/mol. The number of benzene rings is 2. The second-order valence-electron chi connectivity index (χ2n) is 9.82. The van der Waals surface area contributed by atoms with Gasteiger partial charge in [-0.3, -0.25) is 9.59 Å². The van der Waals surface area contributed by atoms with E-state index in [-0.39, 0.29) is 34.8 Å². The molecule has 1 saturated carbocycles. The van der Waals surface area contributed by atoms with Crippen molar-refractivity contribution in [3.63, 3.8) is 0 Å². The number of pyridine rings is 1. The van der Waals surface area contributed by atoms with E-state index >= 15 is 0 Å². The van der Waals surface area contributed by atoms with Crippen LogP contribution in [-0.2, 0) is 14.5 Å². The van der Waals surface area contributed by atoms with Crippen molar-refractivity contribution in [2.24, 2.45) is 10.3 Å². The quantitative estimate of drug-likeness (QED) is 0.253. The van der Waals surface area contributed by atoms with E-state index in [4.69, 9.17) is 4.98 Å². The van der Waals surface area contributed by atoms with E-state index < -0.39 is 15.6 Å². The lowest BCUT2D eigenvalue weighted by Crippen LogP contribution is -2.23. The zero-order chi connectivity index (χ0) is 29.7. The van der Waals surface area contributed by atoms with E-state index in [1.54, 1.807) is 12.1 Å². The molecule has 2 amide bonds. The third-order valence-corrected chi connectivity index (χ3v) is 8.63. The van der Waals surface area contributed by atoms with E-state index in [9.17, 15) is 13.8 Å². The number of hydrogen-bond donors (Lipinski definition) is 3. The number of anilines is 3. The summed E-state index contributed by atoms with van der Waals surface area (Å²) in [5.41, 5.74) is 3.76. The van der Waals surface area contributed by atoms with Gasteiger partial charge >= 0.3 is 0 Å². The molecular formula is C31H31N7O3S. The van der Waals surface area contributed by atoms with Crippen molar-refractivity contribution in [3.8, 4) is 0 Å². The molecule has 214 valence electrons. The lowest BCUT2D eigenvalue weighted by molar-refractivity contribution is -0.117. The van der Waals surface area contributed by atoms with Crippen molar-refractivity contribution in [1.29, 1.82) is 0 Å². The molecule has 2 heterocycles. The summed E-state index contributed by atoms with van der Waals surface area (Å²) in [6, 6.07) is 24.9. The molecule has 2 aromatic heterocycles. The van der Waals surface area contributed by atoms with E-state index in [0.29, 0.717) is 10.6 Å². The Morgan fingerprint density at radius 3 is 2.17 bits per heavy atom. The van der Waals surface area contributed by atoms with E-state index in [0.717, 1.165) is 29.5 Å². The Labute approximate surface area is 244 Å². The Bertz CT molecular complexity index is 1740. The number of aromatic nitrogens is 3. The Hall–Kier alpha value is -4.90. The Morgan fingerprint density at radius 1 is 0.952 bits per heavy atom. The van der Waals surface area contributed by atoms with Crippen LogP contribution >= 0.6 is 0 Å². The van der Waals surface area contributed by atoms with E-state index in [1.807, 2.05) is 66.7 Å². The standard InChI is InChI=1S/C31H31N7O3S/c1-32-31(40)28-25(19-27(37-38-28)36-30(39)22-14-15-22)35-29-26(42(3,41)33-2)17-16-23(34-29)18-24(20-10-6-4-7-11-20)21-12-8-5-9-13-21/h4-13,16-19,22H,14-15H2,1-3H3,(H,32,40)(H2,34,35,36,37,39). The fourth-order valence-electron chi connectivity index (χ4n) is 4.29. The predicted octanol–water partition coefficient (Wildman–Crippen LogP) is 5.00. The van der Waals surface area contributed by atoms with Crippen LogP contribution in [0.5, 0.6) is 0 Å². The van der Waals surface area contributed by atoms with Gasteiger partial charge in [-0.25, -0.2) is 13.6 Å². The Kier molecular flexibility index (Phi) is 8.39. The molecule has 10 nitrogen and oxygen atoms in total. The summed E-state index contributed by atoms with van der Waals surface area (Å²) in [5.74, 6) is -0.259. The van der Waals surface area contributed by atoms with Gasteiger partial charge in [-0.05, 0) is 47.8 Å². The van der Waals surface area contributed by atoms with Gasteiger partial charge in [-0.2, -0.15) is 0 Å². The summed E-state index contributed by atoms with van der Waals surface area (Å²) in [5, 5.41) is 16.6. The highest BCUT2D eigenvalue weighted by Gasteiger charge is 2.30. The van der Waals surface area contributed by atoms with Crippen LogP contribution in [0.1, 0.15) is 40.2 Å². The topological polar surface area (TPSA) is 138 Å². The third kappa shape index (κ3) is 6.52. The molecule has 5 rings (SSSR count). The third-order valence-electron chi connectivity index (χ3n) is 6.79. The number of amides is 2. The van der Waals surface area contributed by atoms with Crippen molar-refractivity contribution >= 4 is 50.5 Å². The maximum atomic E-state index is 13.5. The van der Waals surface area contributed by atoms with Gasteiger partial charge in [0.05, 0.1) is 26.0 Å². The van der Waals surface area contributed by atoms with E-state index in [2.05, 4.69) is 30.5 Å². The maximum absolute atomic E-state index is 13.5. The molecule has 0 radical (unpaired) electrons. The van der Waals surface area contributed by atoms with Gasteiger partial charge < -0.3 is 16.0 Å². The fraction of sp³-hybridized carbons (Fsp3) is 0.194. The summed E-state index contributed by atoms with van der Waals surface area (Å²) in [6.07, 6.45) is 5.13. The van der Waals surface area contributed by atoms with Crippen molar-refractivity contribution in [3.05, 3.63) is 101 Å². The van der Waals surface area contributed by atoms with Crippen LogP contribution in [0.25, 0.3) is 11.6 Å². The molecule has 0 saturated heterocycles. The largest absolute Gasteiger partial charge is 0.354 e. The minimum absolute atomic E-state index is 0.0130. The normalized spacial score (nSPS) is 13.8. The van der Waals surface area contributed by atoms with Crippen LogP contribution in [0.3, 0.4) is 0 Å². The SMILES string of the molecule is CN=S(C)(=O)c1ccc(C=C(c2ccccc2)c2ccccc2)nc1Nc1cc(NC(=O)C2CC2)nnc1C(=O)NC. The molecule has 1 aliphatic carbocycles. The number of rotatable bonds is 9. The zero-order valence-corrected chi connectivity index (χ0v) is 24.3. The average molecular weight is 582 g/mol. The van der Waals surface area contributed by atoms with Gasteiger partial charge in [0.2, 0.25) is 5.91 Å². The first-order valence-corrected chi connectivity index (χ1v) is 15.3. The Balaban J connectivity index is 1.63. The van der Waals surface area contributed by atoms with Crippen LogP contribution in [0.2, 0.25) is 0 Å². The molecule has 3 N–H and O–H groups in total. The molecule has 4 aromatic rings. The number of carbonyl (C=O) groups excluding carboxylic acids is 2. The van der Waals surface area contributed by atoms with Crippen molar-refractivity contribution in [1.82, 2.24) is 20.5 Å². The van der Waals surface area contributed by atoms with Gasteiger partial charge in [0, 0.05) is 32.3 Å². The first kappa shape index (κ1) is 28.6. The fourth-order valence-corrected chi connectivity index (χ4v) is 5.26.